The van der Waals surface area contributed by atoms with Crippen LogP contribution in [0.4, 0.5) is 18.9 Å². The highest BCUT2D eigenvalue weighted by Gasteiger charge is 2.31. The van der Waals surface area contributed by atoms with Crippen molar-refractivity contribution in [2.75, 3.05) is 25.3 Å². The van der Waals surface area contributed by atoms with Crippen molar-refractivity contribution in [3.63, 3.8) is 0 Å². The molecule has 0 saturated heterocycles. The zero-order chi connectivity index (χ0) is 28.7. The number of rotatable bonds is 10. The number of ether oxygens (including phenoxy) is 2. The van der Waals surface area contributed by atoms with Crippen LogP contribution in [0.3, 0.4) is 0 Å². The smallest absolute Gasteiger partial charge is 0.416 e. The van der Waals surface area contributed by atoms with Crippen molar-refractivity contribution in [3.8, 4) is 17.2 Å². The van der Waals surface area contributed by atoms with Crippen LogP contribution in [-0.4, -0.2) is 46.6 Å². The molecular weight excluding hydrogens is 547 g/mol. The second-order valence-corrected chi connectivity index (χ2v) is 9.20. The van der Waals surface area contributed by atoms with Gasteiger partial charge in [-0.15, -0.1) is 10.2 Å². The van der Waals surface area contributed by atoms with Crippen molar-refractivity contribution in [1.82, 2.24) is 20.1 Å². The first kappa shape index (κ1) is 28.5. The van der Waals surface area contributed by atoms with E-state index >= 15 is 0 Å². The number of amides is 2. The second kappa shape index (κ2) is 12.6. The molecule has 0 aliphatic heterocycles. The molecule has 9 nitrogen and oxygen atoms in total. The summed E-state index contributed by atoms with van der Waals surface area (Å²) in [4.78, 5) is 25.3. The minimum absolute atomic E-state index is 0.0979. The number of alkyl halides is 3. The Morgan fingerprint density at radius 2 is 1.65 bits per heavy atom. The normalized spacial score (nSPS) is 11.1. The van der Waals surface area contributed by atoms with Crippen LogP contribution in [0.25, 0.3) is 5.69 Å². The van der Waals surface area contributed by atoms with Gasteiger partial charge in [0.1, 0.15) is 11.5 Å². The first-order valence-corrected chi connectivity index (χ1v) is 12.8. The van der Waals surface area contributed by atoms with E-state index < -0.39 is 17.6 Å². The molecule has 1 aromatic heterocycles. The van der Waals surface area contributed by atoms with Gasteiger partial charge in [0.2, 0.25) is 5.91 Å². The summed E-state index contributed by atoms with van der Waals surface area (Å²) in [5.74, 6) is 0.402. The maximum atomic E-state index is 13.4. The molecule has 0 atom stereocenters. The number of thioether (sulfide) groups is 1. The molecule has 0 unspecified atom stereocenters. The molecule has 3 aromatic carbocycles. The molecule has 2 amide bonds. The molecule has 13 heteroatoms. The third kappa shape index (κ3) is 7.11. The van der Waals surface area contributed by atoms with Gasteiger partial charge in [-0.1, -0.05) is 23.9 Å². The highest BCUT2D eigenvalue weighted by atomic mass is 32.2. The predicted molar refractivity (Wildman–Crippen MR) is 143 cm³/mol. The van der Waals surface area contributed by atoms with Crippen LogP contribution >= 0.6 is 11.8 Å². The van der Waals surface area contributed by atoms with Gasteiger partial charge in [0, 0.05) is 11.3 Å². The number of anilines is 1. The lowest BCUT2D eigenvalue weighted by Gasteiger charge is -2.14. The largest absolute Gasteiger partial charge is 0.497 e. The van der Waals surface area contributed by atoms with Crippen molar-refractivity contribution in [1.29, 1.82) is 0 Å². The van der Waals surface area contributed by atoms with E-state index in [4.69, 9.17) is 9.47 Å². The highest BCUT2D eigenvalue weighted by Crippen LogP contribution is 2.32. The van der Waals surface area contributed by atoms with E-state index in [1.54, 1.807) is 48.5 Å². The number of aromatic nitrogens is 3. The fourth-order valence-corrected chi connectivity index (χ4v) is 4.39. The second-order valence-electron chi connectivity index (χ2n) is 8.26. The molecule has 2 N–H and O–H groups in total. The number of halogens is 3. The number of benzene rings is 3. The lowest BCUT2D eigenvalue weighted by molar-refractivity contribution is -0.137. The summed E-state index contributed by atoms with van der Waals surface area (Å²) in [7, 11) is 3.01. The van der Waals surface area contributed by atoms with Crippen LogP contribution < -0.4 is 20.1 Å². The van der Waals surface area contributed by atoms with Crippen molar-refractivity contribution in [2.24, 2.45) is 0 Å². The van der Waals surface area contributed by atoms with E-state index in [-0.39, 0.29) is 34.9 Å². The third-order valence-electron chi connectivity index (χ3n) is 5.58. The van der Waals surface area contributed by atoms with Crippen LogP contribution in [0.1, 0.15) is 21.7 Å². The number of carbonyl (C=O) groups excluding carboxylic acids is 2. The lowest BCUT2D eigenvalue weighted by Crippen LogP contribution is -2.24. The maximum absolute atomic E-state index is 13.4. The van der Waals surface area contributed by atoms with E-state index in [2.05, 4.69) is 20.8 Å². The van der Waals surface area contributed by atoms with Gasteiger partial charge < -0.3 is 20.1 Å². The Bertz CT molecular complexity index is 1490. The van der Waals surface area contributed by atoms with Crippen molar-refractivity contribution in [2.45, 2.75) is 17.9 Å². The Labute approximate surface area is 231 Å². The van der Waals surface area contributed by atoms with Crippen molar-refractivity contribution in [3.05, 3.63) is 89.7 Å². The Kier molecular flexibility index (Phi) is 8.94. The molecule has 0 spiro atoms. The number of hydrogen-bond donors (Lipinski definition) is 2. The Morgan fingerprint density at radius 1 is 0.925 bits per heavy atom. The molecular formula is C27H24F3N5O4S. The Morgan fingerprint density at radius 3 is 2.35 bits per heavy atom. The first-order chi connectivity index (χ1) is 19.2. The molecule has 0 radical (unpaired) electrons. The molecule has 0 fully saturated rings. The van der Waals surface area contributed by atoms with Gasteiger partial charge >= 0.3 is 6.18 Å². The fourth-order valence-electron chi connectivity index (χ4n) is 3.62. The summed E-state index contributed by atoms with van der Waals surface area (Å²) in [5, 5.41) is 13.8. The van der Waals surface area contributed by atoms with Crippen LogP contribution in [0.15, 0.2) is 78.0 Å². The average molecular weight is 572 g/mol. The summed E-state index contributed by atoms with van der Waals surface area (Å²) in [6.07, 6.45) is -4.57. The monoisotopic (exact) mass is 571 g/mol. The van der Waals surface area contributed by atoms with E-state index in [1.165, 1.54) is 30.9 Å². The standard InChI is InChI=1S/C27H24F3N5O4S/c1-38-21-11-9-19(10-12-21)32-24(36)16-40-26-34-33-23(15-31-25(37)17-5-3-8-22(13-17)39-2)35(26)20-7-4-6-18(14-20)27(28,29)30/h3-14H,15-16H2,1-2H3,(H,31,37)(H,32,36). The molecule has 0 bridgehead atoms. The zero-order valence-electron chi connectivity index (χ0n) is 21.4. The van der Waals surface area contributed by atoms with Crippen molar-refractivity contribution >= 4 is 29.3 Å². The van der Waals surface area contributed by atoms with Gasteiger partial charge in [-0.25, -0.2) is 0 Å². The zero-order valence-corrected chi connectivity index (χ0v) is 22.2. The van der Waals surface area contributed by atoms with Gasteiger partial charge in [0.25, 0.3) is 5.91 Å². The molecule has 0 aliphatic rings. The molecule has 0 saturated carbocycles. The van der Waals surface area contributed by atoms with E-state index in [1.807, 2.05) is 0 Å². The first-order valence-electron chi connectivity index (χ1n) is 11.8. The minimum Gasteiger partial charge on any atom is -0.497 e. The quantitative estimate of drug-likeness (QED) is 0.259. The lowest BCUT2D eigenvalue weighted by atomic mass is 10.2. The summed E-state index contributed by atoms with van der Waals surface area (Å²) < 4.78 is 52.0. The molecule has 208 valence electrons. The molecule has 4 aromatic rings. The van der Waals surface area contributed by atoms with Gasteiger partial charge in [-0.05, 0) is 60.7 Å². The van der Waals surface area contributed by atoms with E-state index in [0.29, 0.717) is 22.7 Å². The summed E-state index contributed by atoms with van der Waals surface area (Å²) in [6.45, 7) is -0.141. The highest BCUT2D eigenvalue weighted by molar-refractivity contribution is 7.99. The molecule has 4 rings (SSSR count). The summed E-state index contributed by atoms with van der Waals surface area (Å²) >= 11 is 0.989. The van der Waals surface area contributed by atoms with Crippen LogP contribution in [0.5, 0.6) is 11.5 Å². The molecule has 0 aliphatic carbocycles. The van der Waals surface area contributed by atoms with Crippen LogP contribution in [0.2, 0.25) is 0 Å². The van der Waals surface area contributed by atoms with E-state index in [0.717, 1.165) is 23.9 Å². The Hall–Kier alpha value is -4.52. The van der Waals surface area contributed by atoms with Crippen LogP contribution in [0, 0.1) is 0 Å². The Balaban J connectivity index is 1.55. The SMILES string of the molecule is COc1ccc(NC(=O)CSc2nnc(CNC(=O)c3cccc(OC)c3)n2-c2cccc(C(F)(F)F)c2)cc1. The number of nitrogens with zero attached hydrogens (tertiary/aromatic N) is 3. The average Bonchev–Trinajstić information content (AvgIpc) is 3.37. The molecule has 1 heterocycles. The fraction of sp³-hybridized carbons (Fsp3) is 0.185. The third-order valence-corrected chi connectivity index (χ3v) is 6.51. The minimum atomic E-state index is -4.57. The van der Waals surface area contributed by atoms with Crippen LogP contribution in [-0.2, 0) is 17.5 Å². The summed E-state index contributed by atoms with van der Waals surface area (Å²) in [6, 6.07) is 17.9. The van der Waals surface area contributed by atoms with Gasteiger partial charge in [-0.3, -0.25) is 14.2 Å². The predicted octanol–water partition coefficient (Wildman–Crippen LogP) is 4.96. The van der Waals surface area contributed by atoms with Gasteiger partial charge in [0.05, 0.1) is 37.8 Å². The van der Waals surface area contributed by atoms with Crippen molar-refractivity contribution < 1.29 is 32.2 Å². The van der Waals surface area contributed by atoms with Gasteiger partial charge in [-0.2, -0.15) is 13.2 Å². The molecule has 40 heavy (non-hydrogen) atoms. The maximum Gasteiger partial charge on any atom is 0.416 e. The number of nitrogens with one attached hydrogen (secondary N) is 2. The van der Waals surface area contributed by atoms with Gasteiger partial charge in [0.15, 0.2) is 11.0 Å². The number of carbonyl (C=O) groups is 2. The summed E-state index contributed by atoms with van der Waals surface area (Å²) in [5.41, 5.74) is 0.141. The van der Waals surface area contributed by atoms with E-state index in [9.17, 15) is 22.8 Å². The number of hydrogen-bond acceptors (Lipinski definition) is 7. The topological polar surface area (TPSA) is 107 Å². The number of methoxy groups -OCH3 is 2.